The Morgan fingerprint density at radius 2 is 1.89 bits per heavy atom. The van der Waals surface area contributed by atoms with Gasteiger partial charge in [0.1, 0.15) is 0 Å². The predicted octanol–water partition coefficient (Wildman–Crippen LogP) is 2.82. The number of alkyl halides is 3. The molecule has 0 unspecified atom stereocenters. The molecule has 4 N–H and O–H groups in total. The van der Waals surface area contributed by atoms with Crippen LogP contribution in [0.1, 0.15) is 18.1 Å². The number of nitrogens with two attached hydrogens (primary N) is 1. The van der Waals surface area contributed by atoms with Gasteiger partial charge in [-0.1, -0.05) is 18.2 Å². The molecule has 0 amide bonds. The van der Waals surface area contributed by atoms with E-state index in [4.69, 9.17) is 20.7 Å². The Hall–Kier alpha value is -1.76. The highest BCUT2D eigenvalue weighted by molar-refractivity contribution is 5.53. The molecule has 0 saturated heterocycles. The van der Waals surface area contributed by atoms with E-state index in [9.17, 15) is 13.2 Å². The summed E-state index contributed by atoms with van der Waals surface area (Å²) in [6.07, 6.45) is -5.64. The zero-order valence-corrected chi connectivity index (χ0v) is 9.61. The van der Waals surface area contributed by atoms with Gasteiger partial charge in [-0.3, -0.25) is 0 Å². The number of carbonyl (C=O) groups is 1. The maximum atomic E-state index is 12.3. The van der Waals surface area contributed by atoms with Crippen LogP contribution in [-0.4, -0.2) is 22.4 Å². The van der Waals surface area contributed by atoms with Gasteiger partial charge in [-0.15, -0.1) is 0 Å². The second kappa shape index (κ2) is 6.85. The lowest BCUT2D eigenvalue weighted by Gasteiger charge is -2.09. The number of halogens is 3. The minimum Gasteiger partial charge on any atom is -0.450 e. The topological polar surface area (TPSA) is 83.6 Å². The summed E-state index contributed by atoms with van der Waals surface area (Å²) < 4.78 is 36.8. The van der Waals surface area contributed by atoms with Crippen LogP contribution >= 0.6 is 0 Å². The first-order chi connectivity index (χ1) is 8.12. The second-order valence-corrected chi connectivity index (χ2v) is 3.66. The molecule has 0 heterocycles. The van der Waals surface area contributed by atoms with Crippen LogP contribution < -0.4 is 5.73 Å². The Bertz CT molecular complexity index is 387. The maximum absolute atomic E-state index is 12.3. The van der Waals surface area contributed by atoms with Crippen LogP contribution in [0.25, 0.3) is 0 Å². The van der Waals surface area contributed by atoms with Crippen molar-refractivity contribution in [2.24, 2.45) is 5.73 Å². The lowest BCUT2D eigenvalue weighted by atomic mass is 10.0. The minimum atomic E-state index is -4.27. The quantitative estimate of drug-likeness (QED) is 0.767. The molecule has 0 aromatic heterocycles. The van der Waals surface area contributed by atoms with Crippen LogP contribution in [0.15, 0.2) is 24.3 Å². The van der Waals surface area contributed by atoms with Gasteiger partial charge < -0.3 is 15.9 Å². The lowest BCUT2D eigenvalue weighted by molar-refractivity contribution is -0.137. The summed E-state index contributed by atoms with van der Waals surface area (Å²) >= 11 is 0. The van der Waals surface area contributed by atoms with Crippen LogP contribution in [0.5, 0.6) is 0 Å². The molecule has 1 aromatic carbocycles. The van der Waals surface area contributed by atoms with Gasteiger partial charge in [0.25, 0.3) is 0 Å². The monoisotopic (exact) mass is 265 g/mol. The highest BCUT2D eigenvalue weighted by atomic mass is 19.4. The molecule has 1 aromatic rings. The van der Waals surface area contributed by atoms with Crippen molar-refractivity contribution in [2.45, 2.75) is 25.6 Å². The molecule has 0 aliphatic heterocycles. The molecule has 0 aliphatic rings. The van der Waals surface area contributed by atoms with E-state index in [0.29, 0.717) is 12.0 Å². The van der Waals surface area contributed by atoms with Crippen molar-refractivity contribution >= 4 is 6.16 Å². The van der Waals surface area contributed by atoms with Crippen molar-refractivity contribution < 1.29 is 28.2 Å². The van der Waals surface area contributed by atoms with Gasteiger partial charge in [-0.25, -0.2) is 4.79 Å². The van der Waals surface area contributed by atoms with Crippen molar-refractivity contribution in [2.75, 3.05) is 0 Å². The summed E-state index contributed by atoms with van der Waals surface area (Å²) in [6, 6.07) is 5.13. The Balaban J connectivity index is 0.000000631. The van der Waals surface area contributed by atoms with E-state index in [0.717, 1.165) is 12.1 Å². The molecule has 7 heteroatoms. The van der Waals surface area contributed by atoms with E-state index >= 15 is 0 Å². The number of benzene rings is 1. The molecule has 0 fully saturated rings. The van der Waals surface area contributed by atoms with E-state index in [1.165, 1.54) is 6.07 Å². The number of hydrogen-bond donors (Lipinski definition) is 3. The summed E-state index contributed by atoms with van der Waals surface area (Å²) in [4.78, 5) is 8.56. The van der Waals surface area contributed by atoms with E-state index in [1.807, 2.05) is 0 Å². The molecule has 102 valence electrons. The van der Waals surface area contributed by atoms with Gasteiger partial charge >= 0.3 is 12.3 Å². The highest BCUT2D eigenvalue weighted by Crippen LogP contribution is 2.29. The first-order valence-corrected chi connectivity index (χ1v) is 4.96. The highest BCUT2D eigenvalue weighted by Gasteiger charge is 2.30. The van der Waals surface area contributed by atoms with Crippen LogP contribution in [0.3, 0.4) is 0 Å². The van der Waals surface area contributed by atoms with E-state index in [1.54, 1.807) is 13.0 Å². The molecule has 1 rings (SSSR count). The maximum Gasteiger partial charge on any atom is 0.503 e. The third-order valence-corrected chi connectivity index (χ3v) is 1.81. The first-order valence-electron chi connectivity index (χ1n) is 4.96. The molecule has 0 aliphatic carbocycles. The van der Waals surface area contributed by atoms with Gasteiger partial charge in [0.15, 0.2) is 0 Å². The van der Waals surface area contributed by atoms with Crippen molar-refractivity contribution in [3.8, 4) is 0 Å². The fraction of sp³-hybridized carbons (Fsp3) is 0.364. The number of rotatable bonds is 2. The Morgan fingerprint density at radius 3 is 2.28 bits per heavy atom. The van der Waals surface area contributed by atoms with E-state index < -0.39 is 17.9 Å². The fourth-order valence-corrected chi connectivity index (χ4v) is 1.25. The third-order valence-electron chi connectivity index (χ3n) is 1.81. The molecule has 0 bridgehead atoms. The molecule has 0 radical (unpaired) electrons. The molecule has 18 heavy (non-hydrogen) atoms. The molecular weight excluding hydrogens is 251 g/mol. The normalized spacial score (nSPS) is 12.3. The number of carboxylic acid groups (broad SMARTS) is 2. The summed E-state index contributed by atoms with van der Waals surface area (Å²) in [7, 11) is 0. The summed E-state index contributed by atoms with van der Waals surface area (Å²) in [5.74, 6) is 0. The van der Waals surface area contributed by atoms with E-state index in [2.05, 4.69) is 0 Å². The van der Waals surface area contributed by atoms with Gasteiger partial charge in [0.2, 0.25) is 0 Å². The molecule has 0 spiro atoms. The summed E-state index contributed by atoms with van der Waals surface area (Å²) in [5, 5.41) is 13.9. The van der Waals surface area contributed by atoms with Gasteiger partial charge in [-0.05, 0) is 25.0 Å². The summed E-state index contributed by atoms with van der Waals surface area (Å²) in [5.41, 5.74) is 5.51. The van der Waals surface area contributed by atoms with E-state index in [-0.39, 0.29) is 6.04 Å². The SMILES string of the molecule is C[C@H](N)Cc1cccc(C(F)(F)F)c1.O=C(O)O. The van der Waals surface area contributed by atoms with Gasteiger partial charge in [-0.2, -0.15) is 13.2 Å². The zero-order chi connectivity index (χ0) is 14.3. The predicted molar refractivity (Wildman–Crippen MR) is 59.5 cm³/mol. The Labute approximate surface area is 102 Å². The van der Waals surface area contributed by atoms with Crippen LogP contribution in [0.2, 0.25) is 0 Å². The zero-order valence-electron chi connectivity index (χ0n) is 9.61. The molecule has 4 nitrogen and oxygen atoms in total. The molecular formula is C11H14F3NO3. The molecule has 1 atom stereocenters. The molecule has 0 saturated carbocycles. The first kappa shape index (κ1) is 16.2. The average Bonchev–Trinajstić information content (AvgIpc) is 2.14. The van der Waals surface area contributed by atoms with Crippen LogP contribution in [0, 0.1) is 0 Å². The van der Waals surface area contributed by atoms with Gasteiger partial charge in [0, 0.05) is 6.04 Å². The number of hydrogen-bond acceptors (Lipinski definition) is 2. The smallest absolute Gasteiger partial charge is 0.450 e. The standard InChI is InChI=1S/C10H12F3N.CH2O3/c1-7(14)5-8-3-2-4-9(6-8)10(11,12)13;2-1(3)4/h2-4,6-7H,5,14H2,1H3;(H2,2,3,4)/t7-;/m0./s1. The third kappa shape index (κ3) is 7.50. The fourth-order valence-electron chi connectivity index (χ4n) is 1.25. The Kier molecular flexibility index (Phi) is 6.18. The van der Waals surface area contributed by atoms with Crippen LogP contribution in [-0.2, 0) is 12.6 Å². The largest absolute Gasteiger partial charge is 0.503 e. The van der Waals surface area contributed by atoms with Crippen molar-refractivity contribution in [1.29, 1.82) is 0 Å². The lowest BCUT2D eigenvalue weighted by Crippen LogP contribution is -2.18. The Morgan fingerprint density at radius 1 is 1.39 bits per heavy atom. The van der Waals surface area contributed by atoms with Gasteiger partial charge in [0.05, 0.1) is 5.56 Å². The van der Waals surface area contributed by atoms with Crippen LogP contribution in [0.4, 0.5) is 18.0 Å². The van der Waals surface area contributed by atoms with Crippen molar-refractivity contribution in [3.63, 3.8) is 0 Å². The average molecular weight is 265 g/mol. The minimum absolute atomic E-state index is 0.126. The van der Waals surface area contributed by atoms with Crippen molar-refractivity contribution in [3.05, 3.63) is 35.4 Å². The van der Waals surface area contributed by atoms with Crippen molar-refractivity contribution in [1.82, 2.24) is 0 Å². The summed E-state index contributed by atoms with van der Waals surface area (Å²) in [6.45, 7) is 1.76. The second-order valence-electron chi connectivity index (χ2n) is 3.66.